The largest absolute Gasteiger partial charge is 0.495 e. The van der Waals surface area contributed by atoms with Gasteiger partial charge in [0.05, 0.1) is 18.5 Å². The molecule has 0 bridgehead atoms. The lowest BCUT2D eigenvalue weighted by atomic mass is 10.2. The van der Waals surface area contributed by atoms with E-state index < -0.39 is 0 Å². The number of para-hydroxylation sites is 2. The van der Waals surface area contributed by atoms with Crippen molar-refractivity contribution >= 4 is 17.3 Å². The summed E-state index contributed by atoms with van der Waals surface area (Å²) in [4.78, 5) is 12.3. The lowest BCUT2D eigenvalue weighted by molar-refractivity contribution is 0.101. The van der Waals surface area contributed by atoms with E-state index in [2.05, 4.69) is 5.32 Å². The van der Waals surface area contributed by atoms with Crippen molar-refractivity contribution in [3.8, 4) is 5.75 Å². The Bertz CT molecular complexity index is 617. The topological polar surface area (TPSA) is 69.3 Å². The molecule has 0 aliphatic carbocycles. The van der Waals surface area contributed by atoms with Crippen LogP contribution in [0.4, 0.5) is 11.4 Å². The second-order valence-corrected chi connectivity index (χ2v) is 4.30. The number of nitrogens with two attached hydrogens (primary N) is 1. The summed E-state index contributed by atoms with van der Waals surface area (Å²) in [6, 6.07) is 9.02. The van der Waals surface area contributed by atoms with Crippen LogP contribution in [0.3, 0.4) is 0 Å². The maximum absolute atomic E-state index is 12.3. The number of nitrogens with one attached hydrogen (secondary N) is 1. The average molecular weight is 259 g/mol. The van der Waals surface area contributed by atoms with Crippen molar-refractivity contribution in [3.63, 3.8) is 0 Å². The zero-order chi connectivity index (χ0) is 14.0. The van der Waals surface area contributed by atoms with Crippen LogP contribution in [-0.2, 0) is 7.05 Å². The van der Waals surface area contributed by atoms with Gasteiger partial charge in [0.25, 0.3) is 5.91 Å². The van der Waals surface area contributed by atoms with Gasteiger partial charge in [0.1, 0.15) is 11.4 Å². The van der Waals surface area contributed by atoms with E-state index in [9.17, 15) is 4.79 Å². The number of carbonyl (C=O) groups excluding carboxylic acids is 1. The van der Waals surface area contributed by atoms with Crippen molar-refractivity contribution in [3.05, 3.63) is 41.7 Å². The van der Waals surface area contributed by atoms with E-state index in [1.54, 1.807) is 29.9 Å². The second-order valence-electron chi connectivity index (χ2n) is 4.30. The van der Waals surface area contributed by atoms with Gasteiger partial charge in [-0.2, -0.15) is 0 Å². The van der Waals surface area contributed by atoms with Crippen molar-refractivity contribution in [2.45, 2.75) is 6.92 Å². The number of nitrogen functional groups attached to an aromatic ring is 1. The molecule has 2 rings (SSSR count). The van der Waals surface area contributed by atoms with Crippen molar-refractivity contribution < 1.29 is 9.53 Å². The minimum Gasteiger partial charge on any atom is -0.495 e. The monoisotopic (exact) mass is 259 g/mol. The Morgan fingerprint density at radius 2 is 2.05 bits per heavy atom. The summed E-state index contributed by atoms with van der Waals surface area (Å²) in [5.74, 6) is 0.359. The lowest BCUT2D eigenvalue weighted by Gasteiger charge is -2.11. The highest BCUT2D eigenvalue weighted by Crippen LogP contribution is 2.25. The zero-order valence-electron chi connectivity index (χ0n) is 11.2. The van der Waals surface area contributed by atoms with Gasteiger partial charge >= 0.3 is 0 Å². The number of hydrogen-bond acceptors (Lipinski definition) is 3. The molecule has 2 aromatic rings. The molecule has 0 atom stereocenters. The van der Waals surface area contributed by atoms with Crippen LogP contribution in [0.2, 0.25) is 0 Å². The molecule has 5 nitrogen and oxygen atoms in total. The van der Waals surface area contributed by atoms with Gasteiger partial charge in [-0.15, -0.1) is 0 Å². The fourth-order valence-corrected chi connectivity index (χ4v) is 1.97. The minimum atomic E-state index is -0.252. The summed E-state index contributed by atoms with van der Waals surface area (Å²) < 4.78 is 6.96. The summed E-state index contributed by atoms with van der Waals surface area (Å²) in [7, 11) is 3.37. The maximum atomic E-state index is 12.3. The predicted octanol–water partition coefficient (Wildman–Crippen LogP) is 2.18. The van der Waals surface area contributed by atoms with Crippen LogP contribution < -0.4 is 15.8 Å². The Morgan fingerprint density at radius 3 is 2.63 bits per heavy atom. The standard InChI is InChI=1S/C14H17N3O2/c1-9-8-10(15)13(17(9)2)14(18)16-11-6-4-5-7-12(11)19-3/h4-8H,15H2,1-3H3,(H,16,18). The Balaban J connectivity index is 2.31. The third kappa shape index (κ3) is 2.40. The SMILES string of the molecule is COc1ccccc1NC(=O)c1c(N)cc(C)n1C. The number of benzene rings is 1. The fourth-order valence-electron chi connectivity index (χ4n) is 1.97. The molecular formula is C14H17N3O2. The summed E-state index contributed by atoms with van der Waals surface area (Å²) in [6.07, 6.45) is 0. The quantitative estimate of drug-likeness (QED) is 0.887. The Morgan fingerprint density at radius 1 is 1.37 bits per heavy atom. The smallest absolute Gasteiger partial charge is 0.274 e. The summed E-state index contributed by atoms with van der Waals surface area (Å²) in [5.41, 5.74) is 8.32. The fraction of sp³-hybridized carbons (Fsp3) is 0.214. The highest BCUT2D eigenvalue weighted by Gasteiger charge is 2.17. The van der Waals surface area contributed by atoms with E-state index in [4.69, 9.17) is 10.5 Å². The van der Waals surface area contributed by atoms with Crippen molar-refractivity contribution in [2.75, 3.05) is 18.2 Å². The van der Waals surface area contributed by atoms with Crippen molar-refractivity contribution in [1.29, 1.82) is 0 Å². The number of aryl methyl sites for hydroxylation is 1. The van der Waals surface area contributed by atoms with Crippen LogP contribution in [-0.4, -0.2) is 17.6 Å². The number of methoxy groups -OCH3 is 1. The first-order chi connectivity index (χ1) is 9.04. The number of amides is 1. The number of hydrogen-bond donors (Lipinski definition) is 2. The van der Waals surface area contributed by atoms with Crippen LogP contribution in [0, 0.1) is 6.92 Å². The molecule has 100 valence electrons. The summed E-state index contributed by atoms with van der Waals surface area (Å²) >= 11 is 0. The molecule has 0 spiro atoms. The Hall–Kier alpha value is -2.43. The zero-order valence-corrected chi connectivity index (χ0v) is 11.2. The Labute approximate surface area is 112 Å². The third-order valence-corrected chi connectivity index (χ3v) is 3.07. The van der Waals surface area contributed by atoms with Gasteiger partial charge in [-0.3, -0.25) is 4.79 Å². The molecule has 19 heavy (non-hydrogen) atoms. The molecule has 1 heterocycles. The average Bonchev–Trinajstić information content (AvgIpc) is 2.64. The van der Waals surface area contributed by atoms with Gasteiger partial charge in [-0.25, -0.2) is 0 Å². The van der Waals surface area contributed by atoms with E-state index in [0.29, 0.717) is 22.8 Å². The number of carbonyl (C=O) groups is 1. The molecule has 3 N–H and O–H groups in total. The molecule has 0 saturated carbocycles. The van der Waals surface area contributed by atoms with E-state index in [-0.39, 0.29) is 5.91 Å². The number of ether oxygens (including phenoxy) is 1. The molecule has 5 heteroatoms. The highest BCUT2D eigenvalue weighted by molar-refractivity contribution is 6.07. The molecule has 1 aromatic heterocycles. The van der Waals surface area contributed by atoms with Crippen molar-refractivity contribution in [1.82, 2.24) is 4.57 Å². The van der Waals surface area contributed by atoms with Crippen LogP contribution in [0.25, 0.3) is 0 Å². The minimum absolute atomic E-state index is 0.252. The van der Waals surface area contributed by atoms with Gasteiger partial charge in [0.2, 0.25) is 0 Å². The van der Waals surface area contributed by atoms with Crippen molar-refractivity contribution in [2.24, 2.45) is 7.05 Å². The van der Waals surface area contributed by atoms with Gasteiger partial charge in [0, 0.05) is 12.7 Å². The molecule has 0 saturated heterocycles. The second kappa shape index (κ2) is 5.06. The van der Waals surface area contributed by atoms with E-state index in [1.807, 2.05) is 26.1 Å². The molecule has 0 aliphatic rings. The maximum Gasteiger partial charge on any atom is 0.274 e. The summed E-state index contributed by atoms with van der Waals surface area (Å²) in [5, 5.41) is 2.81. The summed E-state index contributed by atoms with van der Waals surface area (Å²) in [6.45, 7) is 1.90. The van der Waals surface area contributed by atoms with Gasteiger partial charge in [0.15, 0.2) is 0 Å². The van der Waals surface area contributed by atoms with Crippen LogP contribution >= 0.6 is 0 Å². The first-order valence-electron chi connectivity index (χ1n) is 5.90. The lowest BCUT2D eigenvalue weighted by Crippen LogP contribution is -2.18. The molecular weight excluding hydrogens is 242 g/mol. The molecule has 0 aliphatic heterocycles. The van der Waals surface area contributed by atoms with Crippen LogP contribution in [0.5, 0.6) is 5.75 Å². The van der Waals surface area contributed by atoms with Gasteiger partial charge < -0.3 is 20.4 Å². The third-order valence-electron chi connectivity index (χ3n) is 3.07. The van der Waals surface area contributed by atoms with Gasteiger partial charge in [-0.1, -0.05) is 12.1 Å². The number of aromatic nitrogens is 1. The molecule has 0 radical (unpaired) electrons. The predicted molar refractivity (Wildman–Crippen MR) is 75.5 cm³/mol. The first kappa shape index (κ1) is 13.0. The number of anilines is 2. The van der Waals surface area contributed by atoms with Gasteiger partial charge in [-0.05, 0) is 25.1 Å². The van der Waals surface area contributed by atoms with E-state index in [0.717, 1.165) is 5.69 Å². The molecule has 0 fully saturated rings. The Kier molecular flexibility index (Phi) is 3.46. The molecule has 1 amide bonds. The van der Waals surface area contributed by atoms with Crippen LogP contribution in [0.1, 0.15) is 16.2 Å². The van der Waals surface area contributed by atoms with Crippen LogP contribution in [0.15, 0.2) is 30.3 Å². The number of nitrogens with zero attached hydrogens (tertiary/aromatic N) is 1. The molecule has 1 aromatic carbocycles. The number of rotatable bonds is 3. The first-order valence-corrected chi connectivity index (χ1v) is 5.90. The van der Waals surface area contributed by atoms with E-state index >= 15 is 0 Å². The molecule has 0 unspecified atom stereocenters. The van der Waals surface area contributed by atoms with E-state index in [1.165, 1.54) is 0 Å². The highest BCUT2D eigenvalue weighted by atomic mass is 16.5. The normalized spacial score (nSPS) is 10.3.